The summed E-state index contributed by atoms with van der Waals surface area (Å²) < 4.78 is 5.40. The van der Waals surface area contributed by atoms with Crippen molar-refractivity contribution in [3.05, 3.63) is 38.3 Å². The predicted octanol–water partition coefficient (Wildman–Crippen LogP) is 4.71. The predicted molar refractivity (Wildman–Crippen MR) is 69.0 cm³/mol. The molecule has 88 valence electrons. The van der Waals surface area contributed by atoms with Crippen molar-refractivity contribution in [2.75, 3.05) is 0 Å². The molecule has 0 spiro atoms. The number of halogens is 3. The van der Waals surface area contributed by atoms with Crippen LogP contribution in [0.1, 0.15) is 9.67 Å². The Morgan fingerprint density at radius 1 is 1.29 bits per heavy atom. The molecule has 0 saturated carbocycles. The second-order valence-corrected chi connectivity index (χ2v) is 5.04. The molecule has 0 aliphatic carbocycles. The Bertz CT molecular complexity index is 571. The highest BCUT2D eigenvalue weighted by atomic mass is 35.5. The standard InChI is InChI=1S/C10H4Cl3NO2S/c11-5-2-1-3-6(8(5)12)16-10-14-9(13)7(4-15)17-10/h1-4H. The lowest BCUT2D eigenvalue weighted by Gasteiger charge is -2.04. The molecular formula is C10H4Cl3NO2S. The second kappa shape index (κ2) is 5.23. The van der Waals surface area contributed by atoms with Crippen LogP contribution in [-0.2, 0) is 0 Å². The minimum atomic E-state index is 0.109. The number of thiazole rings is 1. The number of rotatable bonds is 3. The molecule has 0 aliphatic heterocycles. The normalized spacial score (nSPS) is 10.3. The van der Waals surface area contributed by atoms with Gasteiger partial charge in [-0.1, -0.05) is 52.2 Å². The van der Waals surface area contributed by atoms with Crippen LogP contribution in [0, 0.1) is 0 Å². The van der Waals surface area contributed by atoms with Gasteiger partial charge in [-0.05, 0) is 12.1 Å². The van der Waals surface area contributed by atoms with Crippen molar-refractivity contribution in [1.82, 2.24) is 4.98 Å². The van der Waals surface area contributed by atoms with Crippen molar-refractivity contribution in [3.63, 3.8) is 0 Å². The fraction of sp³-hybridized carbons (Fsp3) is 0. The maximum absolute atomic E-state index is 10.6. The minimum Gasteiger partial charge on any atom is -0.429 e. The van der Waals surface area contributed by atoms with Crippen LogP contribution in [0.2, 0.25) is 15.2 Å². The Kier molecular flexibility index (Phi) is 3.89. The molecule has 3 nitrogen and oxygen atoms in total. The summed E-state index contributed by atoms with van der Waals surface area (Å²) >= 11 is 18.5. The number of nitrogens with zero attached hydrogens (tertiary/aromatic N) is 1. The second-order valence-electron chi connectivity index (χ2n) is 2.91. The summed E-state index contributed by atoms with van der Waals surface area (Å²) in [6.07, 6.45) is 0.617. The van der Waals surface area contributed by atoms with Gasteiger partial charge in [-0.3, -0.25) is 4.79 Å². The molecular weight excluding hydrogens is 305 g/mol. The number of aromatic nitrogens is 1. The van der Waals surface area contributed by atoms with Crippen molar-refractivity contribution in [1.29, 1.82) is 0 Å². The monoisotopic (exact) mass is 307 g/mol. The molecule has 0 N–H and O–H groups in total. The van der Waals surface area contributed by atoms with E-state index < -0.39 is 0 Å². The van der Waals surface area contributed by atoms with E-state index >= 15 is 0 Å². The molecule has 2 aromatic rings. The number of hydrogen-bond donors (Lipinski definition) is 0. The molecule has 0 radical (unpaired) electrons. The largest absolute Gasteiger partial charge is 0.429 e. The van der Waals surface area contributed by atoms with Gasteiger partial charge >= 0.3 is 0 Å². The van der Waals surface area contributed by atoms with Crippen molar-refractivity contribution in [3.8, 4) is 10.9 Å². The van der Waals surface area contributed by atoms with E-state index in [2.05, 4.69) is 4.98 Å². The summed E-state index contributed by atoms with van der Waals surface area (Å²) in [5.74, 6) is 0.363. The third kappa shape index (κ3) is 2.72. The SMILES string of the molecule is O=Cc1sc(Oc2cccc(Cl)c2Cl)nc1Cl. The zero-order valence-electron chi connectivity index (χ0n) is 8.12. The number of hydrogen-bond acceptors (Lipinski definition) is 4. The Hall–Kier alpha value is -0.810. The zero-order valence-corrected chi connectivity index (χ0v) is 11.2. The van der Waals surface area contributed by atoms with Crippen LogP contribution in [0.25, 0.3) is 0 Å². The number of ether oxygens (including phenoxy) is 1. The lowest BCUT2D eigenvalue weighted by atomic mass is 10.3. The third-order valence-electron chi connectivity index (χ3n) is 1.81. The molecule has 1 aromatic carbocycles. The lowest BCUT2D eigenvalue weighted by Crippen LogP contribution is -1.84. The van der Waals surface area contributed by atoms with E-state index in [0.29, 0.717) is 21.9 Å². The molecule has 7 heteroatoms. The lowest BCUT2D eigenvalue weighted by molar-refractivity contribution is 0.112. The summed E-state index contributed by atoms with van der Waals surface area (Å²) in [6, 6.07) is 4.98. The van der Waals surface area contributed by atoms with Crippen molar-refractivity contribution >= 4 is 52.4 Å². The highest BCUT2D eigenvalue weighted by Crippen LogP contribution is 2.37. The zero-order chi connectivity index (χ0) is 12.4. The Balaban J connectivity index is 2.31. The van der Waals surface area contributed by atoms with Gasteiger partial charge in [-0.25, -0.2) is 0 Å². The fourth-order valence-electron chi connectivity index (χ4n) is 1.07. The van der Waals surface area contributed by atoms with Crippen molar-refractivity contribution < 1.29 is 9.53 Å². The molecule has 0 fully saturated rings. The topological polar surface area (TPSA) is 39.2 Å². The molecule has 0 unspecified atom stereocenters. The molecule has 0 aliphatic rings. The fourth-order valence-corrected chi connectivity index (χ4v) is 2.32. The average Bonchev–Trinajstić information content (AvgIpc) is 2.65. The van der Waals surface area contributed by atoms with Crippen LogP contribution >= 0.6 is 46.1 Å². The summed E-state index contributed by atoms with van der Waals surface area (Å²) in [7, 11) is 0. The van der Waals surface area contributed by atoms with Crippen LogP contribution in [0.4, 0.5) is 0 Å². The maximum atomic E-state index is 10.6. The van der Waals surface area contributed by atoms with Gasteiger partial charge in [0.15, 0.2) is 11.4 Å². The number of aldehydes is 1. The van der Waals surface area contributed by atoms with E-state index in [1.807, 2.05) is 0 Å². The van der Waals surface area contributed by atoms with Crippen LogP contribution in [0.15, 0.2) is 18.2 Å². The van der Waals surface area contributed by atoms with E-state index in [9.17, 15) is 4.79 Å². The summed E-state index contributed by atoms with van der Waals surface area (Å²) in [4.78, 5) is 14.8. The quantitative estimate of drug-likeness (QED) is 0.771. The summed E-state index contributed by atoms with van der Waals surface area (Å²) in [5, 5.41) is 1.01. The maximum Gasteiger partial charge on any atom is 0.280 e. The van der Waals surface area contributed by atoms with Crippen molar-refractivity contribution in [2.45, 2.75) is 0 Å². The summed E-state index contributed by atoms with van der Waals surface area (Å²) in [5.41, 5.74) is 0. The minimum absolute atomic E-state index is 0.109. The van der Waals surface area contributed by atoms with E-state index in [0.717, 1.165) is 11.3 Å². The third-order valence-corrected chi connectivity index (χ3v) is 3.87. The first-order valence-electron chi connectivity index (χ1n) is 4.35. The van der Waals surface area contributed by atoms with Gasteiger partial charge in [0.1, 0.15) is 15.6 Å². The van der Waals surface area contributed by atoms with Crippen LogP contribution < -0.4 is 4.74 Å². The highest BCUT2D eigenvalue weighted by molar-refractivity contribution is 7.15. The Morgan fingerprint density at radius 2 is 2.06 bits per heavy atom. The van der Waals surface area contributed by atoms with Gasteiger partial charge in [-0.2, -0.15) is 4.98 Å². The number of benzene rings is 1. The molecule has 17 heavy (non-hydrogen) atoms. The highest BCUT2D eigenvalue weighted by Gasteiger charge is 2.12. The van der Waals surface area contributed by atoms with Gasteiger partial charge in [0.2, 0.25) is 0 Å². The van der Waals surface area contributed by atoms with Gasteiger partial charge in [0, 0.05) is 0 Å². The van der Waals surface area contributed by atoms with E-state index in [1.165, 1.54) is 0 Å². The number of carbonyl (C=O) groups is 1. The van der Waals surface area contributed by atoms with Crippen LogP contribution in [-0.4, -0.2) is 11.3 Å². The molecule has 1 aromatic heterocycles. The van der Waals surface area contributed by atoms with Crippen LogP contribution in [0.5, 0.6) is 10.9 Å². The molecule has 2 rings (SSSR count). The van der Waals surface area contributed by atoms with E-state index in [-0.39, 0.29) is 15.4 Å². The smallest absolute Gasteiger partial charge is 0.280 e. The molecule has 1 heterocycles. The first-order chi connectivity index (χ1) is 8.11. The molecule has 0 saturated heterocycles. The van der Waals surface area contributed by atoms with Gasteiger partial charge in [-0.15, -0.1) is 0 Å². The molecule has 0 bridgehead atoms. The van der Waals surface area contributed by atoms with Gasteiger partial charge in [0.25, 0.3) is 5.19 Å². The van der Waals surface area contributed by atoms with E-state index in [4.69, 9.17) is 39.5 Å². The number of carbonyl (C=O) groups excluding carboxylic acids is 1. The first-order valence-corrected chi connectivity index (χ1v) is 6.30. The van der Waals surface area contributed by atoms with E-state index in [1.54, 1.807) is 18.2 Å². The molecule has 0 atom stereocenters. The van der Waals surface area contributed by atoms with Crippen LogP contribution in [0.3, 0.4) is 0 Å². The molecule has 0 amide bonds. The van der Waals surface area contributed by atoms with Gasteiger partial charge in [0.05, 0.1) is 5.02 Å². The average molecular weight is 309 g/mol. The Labute approximate surface area is 116 Å². The van der Waals surface area contributed by atoms with Crippen molar-refractivity contribution in [2.24, 2.45) is 0 Å². The first kappa shape index (κ1) is 12.6. The summed E-state index contributed by atoms with van der Waals surface area (Å²) in [6.45, 7) is 0. The van der Waals surface area contributed by atoms with Gasteiger partial charge < -0.3 is 4.74 Å². The Morgan fingerprint density at radius 3 is 2.71 bits per heavy atom.